The summed E-state index contributed by atoms with van der Waals surface area (Å²) in [6, 6.07) is 1.45. The summed E-state index contributed by atoms with van der Waals surface area (Å²) in [6.07, 6.45) is 1.42. The molecule has 1 aromatic rings. The molecular formula is C11H16BrNO4S. The fourth-order valence-electron chi connectivity index (χ4n) is 1.29. The molecule has 0 aliphatic carbocycles. The highest BCUT2D eigenvalue weighted by atomic mass is 79.9. The van der Waals surface area contributed by atoms with Crippen molar-refractivity contribution in [3.8, 4) is 0 Å². The first-order chi connectivity index (χ1) is 8.04. The second-order valence-electron chi connectivity index (χ2n) is 4.98. The first-order valence-corrected chi connectivity index (χ1v) is 7.80. The van der Waals surface area contributed by atoms with Gasteiger partial charge in [0.05, 0.1) is 20.7 Å². The molecule has 1 aromatic heterocycles. The molecule has 1 N–H and O–H groups in total. The van der Waals surface area contributed by atoms with Crippen molar-refractivity contribution in [3.05, 3.63) is 22.4 Å². The largest absolute Gasteiger partial charge is 0.478 e. The lowest BCUT2D eigenvalue weighted by Gasteiger charge is -2.19. The van der Waals surface area contributed by atoms with Gasteiger partial charge < -0.3 is 9.67 Å². The van der Waals surface area contributed by atoms with Crippen LogP contribution in [0.1, 0.15) is 31.1 Å². The van der Waals surface area contributed by atoms with Crippen LogP contribution < -0.4 is 0 Å². The summed E-state index contributed by atoms with van der Waals surface area (Å²) in [7, 11) is -3.21. The third-order valence-corrected chi connectivity index (χ3v) is 5.90. The van der Waals surface area contributed by atoms with E-state index < -0.39 is 20.6 Å². The highest BCUT2D eigenvalue weighted by Gasteiger charge is 2.28. The van der Waals surface area contributed by atoms with E-state index in [9.17, 15) is 13.2 Å². The van der Waals surface area contributed by atoms with Gasteiger partial charge in [-0.25, -0.2) is 13.2 Å². The molecule has 0 saturated heterocycles. The van der Waals surface area contributed by atoms with E-state index in [0.717, 1.165) is 0 Å². The molecule has 1 heterocycles. The summed E-state index contributed by atoms with van der Waals surface area (Å²) in [4.78, 5) is 10.8. The van der Waals surface area contributed by atoms with Gasteiger partial charge in [0.25, 0.3) is 0 Å². The molecule has 0 radical (unpaired) electrons. The average Bonchev–Trinajstić information content (AvgIpc) is 2.55. The zero-order valence-electron chi connectivity index (χ0n) is 10.5. The van der Waals surface area contributed by atoms with Crippen LogP contribution in [-0.4, -0.2) is 34.6 Å². The lowest BCUT2D eigenvalue weighted by atomic mass is 10.3. The van der Waals surface area contributed by atoms with Gasteiger partial charge >= 0.3 is 5.97 Å². The Morgan fingerprint density at radius 2 is 2.00 bits per heavy atom. The smallest absolute Gasteiger partial charge is 0.337 e. The zero-order valence-corrected chi connectivity index (χ0v) is 12.9. The van der Waals surface area contributed by atoms with Crippen molar-refractivity contribution in [1.82, 2.24) is 4.57 Å². The number of carboxylic acid groups (broad SMARTS) is 1. The van der Waals surface area contributed by atoms with E-state index in [1.807, 2.05) is 0 Å². The van der Waals surface area contributed by atoms with E-state index in [1.165, 1.54) is 12.3 Å². The molecule has 18 heavy (non-hydrogen) atoms. The Morgan fingerprint density at radius 1 is 1.44 bits per heavy atom. The molecule has 0 bridgehead atoms. The summed E-state index contributed by atoms with van der Waals surface area (Å²) in [5.41, 5.74) is 0.134. The van der Waals surface area contributed by atoms with Crippen LogP contribution in [0.2, 0.25) is 0 Å². The van der Waals surface area contributed by atoms with Gasteiger partial charge in [0.1, 0.15) is 0 Å². The minimum Gasteiger partial charge on any atom is -0.478 e. The standard InChI is InChI=1S/C11H16BrNO4S/c1-11(2,3)18(16,17)5-4-13-7-8(10(14)15)6-9(13)12/h6-7H,4-5H2,1-3H3,(H,14,15). The summed E-state index contributed by atoms with van der Waals surface area (Å²) < 4.78 is 25.2. The Balaban J connectivity index is 2.85. The van der Waals surface area contributed by atoms with Crippen LogP contribution in [0.5, 0.6) is 0 Å². The van der Waals surface area contributed by atoms with Crippen molar-refractivity contribution < 1.29 is 18.3 Å². The molecule has 0 amide bonds. The van der Waals surface area contributed by atoms with Crippen LogP contribution in [0.25, 0.3) is 0 Å². The number of carbonyl (C=O) groups is 1. The average molecular weight is 338 g/mol. The number of sulfone groups is 1. The Bertz CT molecular complexity index is 554. The molecule has 102 valence electrons. The molecule has 0 atom stereocenters. The summed E-state index contributed by atoms with van der Waals surface area (Å²) in [6.45, 7) is 5.18. The first-order valence-electron chi connectivity index (χ1n) is 5.36. The topological polar surface area (TPSA) is 76.4 Å². The number of aromatic nitrogens is 1. The van der Waals surface area contributed by atoms with E-state index >= 15 is 0 Å². The number of rotatable bonds is 4. The van der Waals surface area contributed by atoms with Crippen LogP contribution >= 0.6 is 15.9 Å². The highest BCUT2D eigenvalue weighted by Crippen LogP contribution is 2.19. The minimum atomic E-state index is -3.21. The molecule has 0 fully saturated rings. The van der Waals surface area contributed by atoms with Crippen LogP contribution in [0.3, 0.4) is 0 Å². The van der Waals surface area contributed by atoms with Crippen molar-refractivity contribution in [2.24, 2.45) is 0 Å². The van der Waals surface area contributed by atoms with Crippen molar-refractivity contribution in [1.29, 1.82) is 0 Å². The van der Waals surface area contributed by atoms with E-state index in [1.54, 1.807) is 25.3 Å². The molecule has 0 unspecified atom stereocenters. The number of halogens is 1. The Morgan fingerprint density at radius 3 is 2.39 bits per heavy atom. The number of carboxylic acids is 1. The number of aromatic carboxylic acids is 1. The van der Waals surface area contributed by atoms with Gasteiger partial charge in [0.2, 0.25) is 0 Å². The summed E-state index contributed by atoms with van der Waals surface area (Å²) >= 11 is 3.21. The van der Waals surface area contributed by atoms with Gasteiger partial charge in [-0.05, 0) is 42.8 Å². The molecule has 5 nitrogen and oxygen atoms in total. The third-order valence-electron chi connectivity index (χ3n) is 2.62. The predicted molar refractivity (Wildman–Crippen MR) is 72.6 cm³/mol. The van der Waals surface area contributed by atoms with Crippen LogP contribution in [0.4, 0.5) is 0 Å². The monoisotopic (exact) mass is 337 g/mol. The second kappa shape index (κ2) is 5.05. The Kier molecular flexibility index (Phi) is 4.27. The van der Waals surface area contributed by atoms with E-state index in [4.69, 9.17) is 5.11 Å². The van der Waals surface area contributed by atoms with E-state index in [2.05, 4.69) is 15.9 Å². The number of hydrogen-bond acceptors (Lipinski definition) is 3. The molecule has 0 aliphatic heterocycles. The third kappa shape index (κ3) is 3.35. The maximum atomic E-state index is 11.9. The maximum absolute atomic E-state index is 11.9. The van der Waals surface area contributed by atoms with Crippen LogP contribution in [0.15, 0.2) is 16.9 Å². The lowest BCUT2D eigenvalue weighted by Crippen LogP contribution is -2.31. The zero-order chi connectivity index (χ0) is 14.1. The summed E-state index contributed by atoms with van der Waals surface area (Å²) in [5, 5.41) is 8.83. The Hall–Kier alpha value is -0.820. The lowest BCUT2D eigenvalue weighted by molar-refractivity contribution is 0.0697. The van der Waals surface area contributed by atoms with Crippen molar-refractivity contribution in [2.45, 2.75) is 32.1 Å². The quantitative estimate of drug-likeness (QED) is 0.913. The second-order valence-corrected chi connectivity index (χ2v) is 8.66. The SMILES string of the molecule is CC(C)(C)S(=O)(=O)CCn1cc(C(=O)O)cc1Br. The van der Waals surface area contributed by atoms with E-state index in [-0.39, 0.29) is 17.9 Å². The molecule has 7 heteroatoms. The van der Waals surface area contributed by atoms with Crippen LogP contribution in [0, 0.1) is 0 Å². The van der Waals surface area contributed by atoms with E-state index in [0.29, 0.717) is 4.60 Å². The number of hydrogen-bond donors (Lipinski definition) is 1. The fraction of sp³-hybridized carbons (Fsp3) is 0.545. The van der Waals surface area contributed by atoms with Gasteiger partial charge in [-0.1, -0.05) is 0 Å². The first kappa shape index (κ1) is 15.2. The number of nitrogens with zero attached hydrogens (tertiary/aromatic N) is 1. The van der Waals surface area contributed by atoms with Crippen molar-refractivity contribution >= 4 is 31.7 Å². The van der Waals surface area contributed by atoms with Gasteiger partial charge in [-0.15, -0.1) is 0 Å². The molecule has 0 saturated carbocycles. The van der Waals surface area contributed by atoms with Crippen molar-refractivity contribution in [3.63, 3.8) is 0 Å². The molecule has 0 aromatic carbocycles. The van der Waals surface area contributed by atoms with Gasteiger partial charge in [-0.2, -0.15) is 0 Å². The number of aryl methyl sites for hydroxylation is 1. The normalized spacial score (nSPS) is 12.7. The molecule has 0 spiro atoms. The van der Waals surface area contributed by atoms with Crippen molar-refractivity contribution in [2.75, 3.05) is 5.75 Å². The Labute approximate surface area is 115 Å². The molecule has 0 aliphatic rings. The molecular weight excluding hydrogens is 322 g/mol. The summed E-state index contributed by atoms with van der Waals surface area (Å²) in [5.74, 6) is -1.06. The fourth-order valence-corrected chi connectivity index (χ4v) is 2.87. The van der Waals surface area contributed by atoms with Crippen LogP contribution in [-0.2, 0) is 16.4 Å². The maximum Gasteiger partial charge on any atom is 0.337 e. The highest BCUT2D eigenvalue weighted by molar-refractivity contribution is 9.10. The molecule has 1 rings (SSSR count). The van der Waals surface area contributed by atoms with Gasteiger partial charge in [0, 0.05) is 12.7 Å². The van der Waals surface area contributed by atoms with Gasteiger partial charge in [-0.3, -0.25) is 0 Å². The predicted octanol–water partition coefficient (Wildman–Crippen LogP) is 2.16. The minimum absolute atomic E-state index is 0.0250. The van der Waals surface area contributed by atoms with Gasteiger partial charge in [0.15, 0.2) is 9.84 Å².